The second-order valence-electron chi connectivity index (χ2n) is 11.4. The normalized spacial score (nSPS) is 25.8. The third-order valence-corrected chi connectivity index (χ3v) is 9.90. The van der Waals surface area contributed by atoms with Crippen molar-refractivity contribution < 1.29 is 4.79 Å². The van der Waals surface area contributed by atoms with Crippen molar-refractivity contribution in [1.82, 2.24) is 20.4 Å². The number of aromatic nitrogens is 2. The summed E-state index contributed by atoms with van der Waals surface area (Å²) in [6.45, 7) is 3.10. The Morgan fingerprint density at radius 2 is 1.71 bits per heavy atom. The van der Waals surface area contributed by atoms with E-state index in [9.17, 15) is 4.79 Å². The molecule has 3 aliphatic rings. The summed E-state index contributed by atoms with van der Waals surface area (Å²) < 4.78 is 1.82. The van der Waals surface area contributed by atoms with Gasteiger partial charge in [0, 0.05) is 27.7 Å². The zero-order valence-electron chi connectivity index (χ0n) is 21.5. The molecule has 0 radical (unpaired) electrons. The van der Waals surface area contributed by atoms with E-state index in [1.54, 1.807) is 12.1 Å². The minimum Gasteiger partial charge on any atom is -0.338 e. The van der Waals surface area contributed by atoms with Crippen LogP contribution in [0.4, 0.5) is 4.79 Å². The highest BCUT2D eigenvalue weighted by Crippen LogP contribution is 2.54. The second kappa shape index (κ2) is 10.7. The van der Waals surface area contributed by atoms with Gasteiger partial charge in [0.15, 0.2) is 0 Å². The van der Waals surface area contributed by atoms with Gasteiger partial charge in [-0.15, -0.1) is 0 Å². The van der Waals surface area contributed by atoms with Crippen LogP contribution < -0.4 is 10.6 Å². The zero-order valence-corrected chi connectivity index (χ0v) is 23.8. The third kappa shape index (κ3) is 5.17. The Morgan fingerprint density at radius 3 is 2.50 bits per heavy atom. The highest BCUT2D eigenvalue weighted by atomic mass is 35.5. The molecule has 3 fully saturated rings. The quantitative estimate of drug-likeness (QED) is 0.314. The van der Waals surface area contributed by atoms with Crippen LogP contribution >= 0.6 is 34.8 Å². The van der Waals surface area contributed by atoms with Crippen molar-refractivity contribution in [3.63, 3.8) is 0 Å². The minimum atomic E-state index is -0.138. The summed E-state index contributed by atoms with van der Waals surface area (Å²) in [7, 11) is 0. The van der Waals surface area contributed by atoms with Crippen molar-refractivity contribution in [2.75, 3.05) is 6.54 Å². The summed E-state index contributed by atoms with van der Waals surface area (Å²) in [5.74, 6) is 4.11. The van der Waals surface area contributed by atoms with E-state index in [4.69, 9.17) is 39.9 Å². The van der Waals surface area contributed by atoms with E-state index in [0.717, 1.165) is 58.4 Å². The lowest BCUT2D eigenvalue weighted by Crippen LogP contribution is -2.47. The number of carbonyl (C=O) groups is 1. The van der Waals surface area contributed by atoms with Crippen molar-refractivity contribution in [2.24, 2.45) is 29.6 Å². The molecule has 5 unspecified atom stereocenters. The molecule has 8 heteroatoms. The van der Waals surface area contributed by atoms with Gasteiger partial charge in [-0.25, -0.2) is 9.48 Å². The van der Waals surface area contributed by atoms with E-state index in [-0.39, 0.29) is 6.03 Å². The van der Waals surface area contributed by atoms with Crippen LogP contribution in [-0.4, -0.2) is 22.4 Å². The van der Waals surface area contributed by atoms with Gasteiger partial charge in [-0.1, -0.05) is 53.4 Å². The predicted octanol–water partition coefficient (Wildman–Crippen LogP) is 8.07. The molecule has 0 aliphatic heterocycles. The number of benzene rings is 2. The number of amides is 2. The number of halogens is 3. The van der Waals surface area contributed by atoms with Crippen LogP contribution in [0.15, 0.2) is 42.5 Å². The standard InChI is InChI=1S/C30H33Cl3N4O/c1-17-27(16-35-30(38)34-15-22-13-19-10-18-2-8-25(22)21(11-18)12-19)36-37(28-9-7-24(32)14-26(28)33)29(17)20-3-5-23(31)6-4-20/h3-7,9,14,18-19,21-22,25H,2,8,10-13,15-16H2,1H3,(H2,34,35,38). The Bertz CT molecular complexity index is 1330. The number of nitrogens with one attached hydrogen (secondary N) is 2. The number of carbonyl (C=O) groups excluding carboxylic acids is 1. The van der Waals surface area contributed by atoms with Crippen LogP contribution in [-0.2, 0) is 6.54 Å². The molecule has 0 spiro atoms. The molecular weight excluding hydrogens is 539 g/mol. The van der Waals surface area contributed by atoms with E-state index in [2.05, 4.69) is 10.6 Å². The van der Waals surface area contributed by atoms with E-state index in [0.29, 0.717) is 27.5 Å². The maximum Gasteiger partial charge on any atom is 0.315 e. The molecule has 3 aliphatic carbocycles. The maximum atomic E-state index is 12.9. The van der Waals surface area contributed by atoms with Gasteiger partial charge < -0.3 is 10.6 Å². The number of rotatable bonds is 6. The van der Waals surface area contributed by atoms with Crippen molar-refractivity contribution >= 4 is 40.8 Å². The van der Waals surface area contributed by atoms with Crippen LogP contribution in [0.1, 0.15) is 49.8 Å². The van der Waals surface area contributed by atoms with Crippen LogP contribution in [0, 0.1) is 36.5 Å². The van der Waals surface area contributed by atoms with Crippen LogP contribution in [0.5, 0.6) is 0 Å². The minimum absolute atomic E-state index is 0.138. The van der Waals surface area contributed by atoms with Gasteiger partial charge in [0.25, 0.3) is 0 Å². The first-order chi connectivity index (χ1) is 18.4. The molecule has 5 atom stereocenters. The number of urea groups is 1. The molecule has 3 aromatic rings. The smallest absolute Gasteiger partial charge is 0.315 e. The number of hydrogen-bond donors (Lipinski definition) is 2. The molecule has 200 valence electrons. The average Bonchev–Trinajstić information content (AvgIpc) is 3.21. The van der Waals surface area contributed by atoms with Gasteiger partial charge in [-0.3, -0.25) is 0 Å². The Balaban J connectivity index is 1.17. The maximum absolute atomic E-state index is 12.9. The fraction of sp³-hybridized carbons (Fsp3) is 0.467. The van der Waals surface area contributed by atoms with Crippen molar-refractivity contribution in [3.8, 4) is 16.9 Å². The summed E-state index contributed by atoms with van der Waals surface area (Å²) in [5.41, 5.74) is 4.32. The van der Waals surface area contributed by atoms with Crippen LogP contribution in [0.2, 0.25) is 15.1 Å². The second-order valence-corrected chi connectivity index (χ2v) is 12.7. The molecule has 2 aromatic carbocycles. The van der Waals surface area contributed by atoms with E-state index >= 15 is 0 Å². The molecular formula is C30H33Cl3N4O. The number of hydrogen-bond acceptors (Lipinski definition) is 2. The molecule has 3 saturated carbocycles. The van der Waals surface area contributed by atoms with Crippen molar-refractivity contribution in [1.29, 1.82) is 0 Å². The SMILES string of the molecule is Cc1c(CNC(=O)NCC2CC3CC4CCC2C(C4)C3)nn(-c2ccc(Cl)cc2Cl)c1-c1ccc(Cl)cc1. The Hall–Kier alpha value is -2.21. The monoisotopic (exact) mass is 570 g/mol. The van der Waals surface area contributed by atoms with Gasteiger partial charge in [0.1, 0.15) is 0 Å². The molecule has 2 amide bonds. The number of nitrogens with zero attached hydrogens (tertiary/aromatic N) is 2. The largest absolute Gasteiger partial charge is 0.338 e. The molecule has 6 rings (SSSR count). The lowest BCUT2D eigenvalue weighted by atomic mass is 9.54. The summed E-state index contributed by atoms with van der Waals surface area (Å²) in [4.78, 5) is 12.9. The molecule has 3 bridgehead atoms. The third-order valence-electron chi connectivity index (χ3n) is 9.11. The predicted molar refractivity (Wildman–Crippen MR) is 154 cm³/mol. The van der Waals surface area contributed by atoms with E-state index in [1.807, 2.05) is 41.9 Å². The first-order valence-electron chi connectivity index (χ1n) is 13.7. The van der Waals surface area contributed by atoms with Crippen LogP contribution in [0.3, 0.4) is 0 Å². The van der Waals surface area contributed by atoms with Crippen molar-refractivity contribution in [3.05, 3.63) is 68.8 Å². The van der Waals surface area contributed by atoms with Crippen LogP contribution in [0.25, 0.3) is 16.9 Å². The van der Waals surface area contributed by atoms with E-state index in [1.165, 1.54) is 38.5 Å². The molecule has 2 N–H and O–H groups in total. The zero-order chi connectivity index (χ0) is 26.4. The average molecular weight is 572 g/mol. The highest BCUT2D eigenvalue weighted by Gasteiger charge is 2.45. The summed E-state index contributed by atoms with van der Waals surface area (Å²) >= 11 is 18.9. The summed E-state index contributed by atoms with van der Waals surface area (Å²) in [6.07, 6.45) is 8.23. The lowest BCUT2D eigenvalue weighted by Gasteiger charge is -2.52. The summed E-state index contributed by atoms with van der Waals surface area (Å²) in [6, 6.07) is 12.9. The summed E-state index contributed by atoms with van der Waals surface area (Å²) in [5, 5.41) is 12.8. The molecule has 1 heterocycles. The topological polar surface area (TPSA) is 59.0 Å². The first kappa shape index (κ1) is 26.0. The highest BCUT2D eigenvalue weighted by molar-refractivity contribution is 6.35. The molecule has 38 heavy (non-hydrogen) atoms. The number of fused-ring (bicyclic) bond motifs is 2. The Morgan fingerprint density at radius 1 is 0.947 bits per heavy atom. The molecule has 0 saturated heterocycles. The lowest BCUT2D eigenvalue weighted by molar-refractivity contribution is -0.00946. The first-order valence-corrected chi connectivity index (χ1v) is 14.8. The van der Waals surface area contributed by atoms with Gasteiger partial charge >= 0.3 is 6.03 Å². The molecule has 5 nitrogen and oxygen atoms in total. The fourth-order valence-electron chi connectivity index (χ4n) is 7.45. The van der Waals surface area contributed by atoms with Crippen molar-refractivity contribution in [2.45, 2.75) is 52.0 Å². The van der Waals surface area contributed by atoms with Gasteiger partial charge in [0.2, 0.25) is 0 Å². The Labute approximate surface area is 239 Å². The van der Waals surface area contributed by atoms with Gasteiger partial charge in [-0.05, 0) is 98.9 Å². The fourth-order valence-corrected chi connectivity index (χ4v) is 8.06. The Kier molecular flexibility index (Phi) is 7.36. The van der Waals surface area contributed by atoms with Gasteiger partial charge in [-0.2, -0.15) is 5.10 Å². The molecule has 1 aromatic heterocycles. The van der Waals surface area contributed by atoms with E-state index < -0.39 is 0 Å². The van der Waals surface area contributed by atoms with Gasteiger partial charge in [0.05, 0.1) is 28.6 Å².